The molecular weight excluding hydrogens is 322 g/mol. The van der Waals surface area contributed by atoms with Crippen LogP contribution in [0.5, 0.6) is 0 Å². The third-order valence-electron chi connectivity index (χ3n) is 4.56. The van der Waals surface area contributed by atoms with Gasteiger partial charge in [0.1, 0.15) is 6.04 Å². The minimum Gasteiger partial charge on any atom is -0.449 e. The number of amides is 2. The van der Waals surface area contributed by atoms with Crippen molar-refractivity contribution in [3.8, 4) is 0 Å². The molecule has 1 saturated heterocycles. The van der Waals surface area contributed by atoms with Crippen LogP contribution >= 0.6 is 0 Å². The highest BCUT2D eigenvalue weighted by molar-refractivity contribution is 6.05. The van der Waals surface area contributed by atoms with E-state index >= 15 is 0 Å². The molecule has 3 rings (SSSR count). The first-order chi connectivity index (χ1) is 12.0. The fraction of sp³-hybridized carbons (Fsp3) is 0.500. The highest BCUT2D eigenvalue weighted by Gasteiger charge is 2.36. The maximum Gasteiger partial charge on any atom is 0.338 e. The normalized spacial score (nSPS) is 19.5. The van der Waals surface area contributed by atoms with Crippen LogP contribution in [-0.2, 0) is 14.3 Å². The summed E-state index contributed by atoms with van der Waals surface area (Å²) in [6.45, 7) is 4.87. The summed E-state index contributed by atoms with van der Waals surface area (Å²) < 4.78 is 5.22. The minimum absolute atomic E-state index is 0.0390. The Bertz CT molecular complexity index is 704. The number of rotatable bonds is 5. The highest BCUT2D eigenvalue weighted by Crippen LogP contribution is 2.37. The zero-order valence-electron chi connectivity index (χ0n) is 14.5. The lowest BCUT2D eigenvalue weighted by Crippen LogP contribution is -2.44. The second-order valence-corrected chi connectivity index (χ2v) is 6.41. The van der Waals surface area contributed by atoms with Gasteiger partial charge >= 0.3 is 5.97 Å². The largest absolute Gasteiger partial charge is 0.449 e. The second-order valence-electron chi connectivity index (χ2n) is 6.41. The Kier molecular flexibility index (Phi) is 4.92. The number of esters is 1. The number of nitrogens with one attached hydrogen (secondary N) is 2. The number of carbonyl (C=O) groups is 3. The SMILES string of the molecule is CCCNC(=O)[C@H](C)OC(=O)c1ccc2c(c1)NC(=O)[C@@H]1CCCN21. The van der Waals surface area contributed by atoms with Crippen molar-refractivity contribution in [2.24, 2.45) is 0 Å². The number of carbonyl (C=O) groups excluding carboxylic acids is 3. The summed E-state index contributed by atoms with van der Waals surface area (Å²) in [7, 11) is 0. The van der Waals surface area contributed by atoms with Crippen LogP contribution in [0.15, 0.2) is 18.2 Å². The van der Waals surface area contributed by atoms with Crippen LogP contribution in [0.3, 0.4) is 0 Å². The molecule has 2 aliphatic rings. The lowest BCUT2D eigenvalue weighted by molar-refractivity contribution is -0.129. The van der Waals surface area contributed by atoms with Crippen LogP contribution in [0.2, 0.25) is 0 Å². The lowest BCUT2D eigenvalue weighted by atomic mass is 10.1. The van der Waals surface area contributed by atoms with E-state index in [1.807, 2.05) is 13.0 Å². The first-order valence-electron chi connectivity index (χ1n) is 8.71. The van der Waals surface area contributed by atoms with Crippen molar-refractivity contribution in [1.82, 2.24) is 5.32 Å². The van der Waals surface area contributed by atoms with Crippen molar-refractivity contribution in [2.75, 3.05) is 23.3 Å². The van der Waals surface area contributed by atoms with E-state index in [2.05, 4.69) is 15.5 Å². The lowest BCUT2D eigenvalue weighted by Gasteiger charge is -2.33. The van der Waals surface area contributed by atoms with Crippen LogP contribution < -0.4 is 15.5 Å². The van der Waals surface area contributed by atoms with Crippen molar-refractivity contribution < 1.29 is 19.1 Å². The van der Waals surface area contributed by atoms with E-state index in [-0.39, 0.29) is 17.9 Å². The molecule has 2 N–H and O–H groups in total. The van der Waals surface area contributed by atoms with E-state index in [0.29, 0.717) is 17.8 Å². The predicted octanol–water partition coefficient (Wildman–Crippen LogP) is 1.68. The monoisotopic (exact) mass is 345 g/mol. The van der Waals surface area contributed by atoms with Gasteiger partial charge in [-0.3, -0.25) is 9.59 Å². The molecule has 0 saturated carbocycles. The standard InChI is InChI=1S/C18H23N3O4/c1-3-8-19-16(22)11(2)25-18(24)12-6-7-14-13(10-12)20-17(23)15-5-4-9-21(14)15/h6-7,10-11,15H,3-5,8-9H2,1-2H3,(H,19,22)(H,20,23)/t11-,15-/m0/s1. The van der Waals surface area contributed by atoms with Crippen LogP contribution in [0.4, 0.5) is 11.4 Å². The molecule has 25 heavy (non-hydrogen) atoms. The maximum atomic E-state index is 12.3. The number of fused-ring (bicyclic) bond motifs is 3. The summed E-state index contributed by atoms with van der Waals surface area (Å²) in [5.74, 6) is -0.941. The van der Waals surface area contributed by atoms with Gasteiger partial charge in [-0.2, -0.15) is 0 Å². The van der Waals surface area contributed by atoms with E-state index in [1.165, 1.54) is 6.92 Å². The summed E-state index contributed by atoms with van der Waals surface area (Å²) in [5.41, 5.74) is 1.85. The van der Waals surface area contributed by atoms with Gasteiger partial charge in [0.25, 0.3) is 5.91 Å². The third-order valence-corrected chi connectivity index (χ3v) is 4.56. The zero-order chi connectivity index (χ0) is 18.0. The molecule has 2 amide bonds. The Morgan fingerprint density at radius 1 is 1.44 bits per heavy atom. The quantitative estimate of drug-likeness (QED) is 0.793. The molecule has 2 heterocycles. The van der Waals surface area contributed by atoms with E-state index in [4.69, 9.17) is 4.74 Å². The molecule has 1 fully saturated rings. The average molecular weight is 345 g/mol. The predicted molar refractivity (Wildman–Crippen MR) is 93.6 cm³/mol. The van der Waals surface area contributed by atoms with Crippen LogP contribution in [-0.4, -0.2) is 43.0 Å². The Hall–Kier alpha value is -2.57. The van der Waals surface area contributed by atoms with Gasteiger partial charge in [-0.05, 0) is 44.4 Å². The Balaban J connectivity index is 1.72. The second kappa shape index (κ2) is 7.13. The number of hydrogen-bond donors (Lipinski definition) is 2. The Morgan fingerprint density at radius 3 is 3.00 bits per heavy atom. The van der Waals surface area contributed by atoms with Crippen molar-refractivity contribution >= 4 is 29.2 Å². The molecule has 7 nitrogen and oxygen atoms in total. The smallest absolute Gasteiger partial charge is 0.338 e. The summed E-state index contributed by atoms with van der Waals surface area (Å²) >= 11 is 0. The minimum atomic E-state index is -0.868. The number of hydrogen-bond acceptors (Lipinski definition) is 5. The first-order valence-corrected chi connectivity index (χ1v) is 8.71. The number of ether oxygens (including phenoxy) is 1. The van der Waals surface area contributed by atoms with E-state index in [9.17, 15) is 14.4 Å². The third kappa shape index (κ3) is 3.45. The molecule has 0 unspecified atom stereocenters. The van der Waals surface area contributed by atoms with Gasteiger partial charge in [0, 0.05) is 13.1 Å². The topological polar surface area (TPSA) is 87.7 Å². The molecule has 2 aliphatic heterocycles. The van der Waals surface area contributed by atoms with Gasteiger partial charge in [0.15, 0.2) is 6.10 Å². The summed E-state index contributed by atoms with van der Waals surface area (Å²) in [6, 6.07) is 4.99. The van der Waals surface area contributed by atoms with E-state index in [0.717, 1.165) is 31.5 Å². The van der Waals surface area contributed by atoms with Crippen molar-refractivity contribution in [1.29, 1.82) is 0 Å². The van der Waals surface area contributed by atoms with Gasteiger partial charge in [-0.1, -0.05) is 6.92 Å². The number of anilines is 2. The van der Waals surface area contributed by atoms with E-state index < -0.39 is 12.1 Å². The van der Waals surface area contributed by atoms with Crippen molar-refractivity contribution in [2.45, 2.75) is 45.3 Å². The fourth-order valence-corrected chi connectivity index (χ4v) is 3.23. The molecule has 0 radical (unpaired) electrons. The summed E-state index contributed by atoms with van der Waals surface area (Å²) in [6.07, 6.45) is 1.77. The molecule has 134 valence electrons. The fourth-order valence-electron chi connectivity index (χ4n) is 3.23. The molecular formula is C18H23N3O4. The van der Waals surface area contributed by atoms with Crippen molar-refractivity contribution in [3.05, 3.63) is 23.8 Å². The molecule has 0 spiro atoms. The molecule has 0 aromatic heterocycles. The number of nitrogens with zero attached hydrogens (tertiary/aromatic N) is 1. The molecule has 1 aromatic rings. The van der Waals surface area contributed by atoms with Gasteiger partial charge in [-0.15, -0.1) is 0 Å². The van der Waals surface area contributed by atoms with Crippen molar-refractivity contribution in [3.63, 3.8) is 0 Å². The van der Waals surface area contributed by atoms with Gasteiger partial charge in [0.2, 0.25) is 5.91 Å². The van der Waals surface area contributed by atoms with Gasteiger partial charge < -0.3 is 20.3 Å². The van der Waals surface area contributed by atoms with Crippen LogP contribution in [0.25, 0.3) is 0 Å². The Labute approximate surface area is 146 Å². The number of benzene rings is 1. The van der Waals surface area contributed by atoms with Gasteiger partial charge in [-0.25, -0.2) is 4.79 Å². The molecule has 0 bridgehead atoms. The van der Waals surface area contributed by atoms with E-state index in [1.54, 1.807) is 12.1 Å². The molecule has 0 aliphatic carbocycles. The Morgan fingerprint density at radius 2 is 2.24 bits per heavy atom. The molecule has 2 atom stereocenters. The zero-order valence-corrected chi connectivity index (χ0v) is 14.5. The highest BCUT2D eigenvalue weighted by atomic mass is 16.5. The summed E-state index contributed by atoms with van der Waals surface area (Å²) in [4.78, 5) is 38.4. The molecule has 7 heteroatoms. The van der Waals surface area contributed by atoms with Crippen LogP contribution in [0.1, 0.15) is 43.5 Å². The maximum absolute atomic E-state index is 12.3. The first kappa shape index (κ1) is 17.3. The van der Waals surface area contributed by atoms with Gasteiger partial charge in [0.05, 0.1) is 16.9 Å². The summed E-state index contributed by atoms with van der Waals surface area (Å²) in [5, 5.41) is 5.55. The average Bonchev–Trinajstić information content (AvgIpc) is 3.09. The van der Waals surface area contributed by atoms with Crippen LogP contribution in [0, 0.1) is 0 Å². The molecule has 1 aromatic carbocycles.